The summed E-state index contributed by atoms with van der Waals surface area (Å²) in [4.78, 5) is 13.0. The maximum Gasteiger partial charge on any atom is 0.322 e. The van der Waals surface area contributed by atoms with Crippen molar-refractivity contribution in [3.8, 4) is 0 Å². The number of carbonyl (C=O) groups is 1. The lowest BCUT2D eigenvalue weighted by atomic mass is 10.2. The highest BCUT2D eigenvalue weighted by Gasteiger charge is 2.19. The number of carbonyl (C=O) groups excluding carboxylic acids is 1. The van der Waals surface area contributed by atoms with E-state index in [1.165, 1.54) is 13.2 Å². The summed E-state index contributed by atoms with van der Waals surface area (Å²) in [6, 6.07) is 6.14. The van der Waals surface area contributed by atoms with E-state index in [0.717, 1.165) is 0 Å². The second-order valence-corrected chi connectivity index (χ2v) is 3.71. The third-order valence-electron chi connectivity index (χ3n) is 2.58. The molecule has 0 bridgehead atoms. The van der Waals surface area contributed by atoms with E-state index >= 15 is 0 Å². The van der Waals surface area contributed by atoms with E-state index in [4.69, 9.17) is 0 Å². The molecule has 0 spiro atoms. The van der Waals surface area contributed by atoms with Crippen molar-refractivity contribution < 1.29 is 13.9 Å². The Kier molecular flexibility index (Phi) is 4.43. The fourth-order valence-corrected chi connectivity index (χ4v) is 1.38. The average molecular weight is 225 g/mol. The second kappa shape index (κ2) is 5.61. The lowest BCUT2D eigenvalue weighted by Crippen LogP contribution is -2.36. The number of halogens is 1. The van der Waals surface area contributed by atoms with E-state index in [2.05, 4.69) is 4.74 Å². The Labute approximate surface area is 94.8 Å². The third-order valence-corrected chi connectivity index (χ3v) is 2.58. The first-order valence-electron chi connectivity index (χ1n) is 5.07. The molecule has 0 N–H and O–H groups in total. The van der Waals surface area contributed by atoms with Gasteiger partial charge in [0, 0.05) is 12.1 Å². The van der Waals surface area contributed by atoms with Gasteiger partial charge in [0.15, 0.2) is 0 Å². The Hall–Kier alpha value is -1.42. The van der Waals surface area contributed by atoms with Crippen molar-refractivity contribution in [1.29, 1.82) is 0 Å². The lowest BCUT2D eigenvalue weighted by molar-refractivity contribution is -0.146. The molecule has 0 fully saturated rings. The summed E-state index contributed by atoms with van der Waals surface area (Å²) >= 11 is 0. The minimum Gasteiger partial charge on any atom is -0.468 e. The zero-order valence-electron chi connectivity index (χ0n) is 9.74. The maximum absolute atomic E-state index is 13.4. The molecule has 3 nitrogen and oxygen atoms in total. The highest BCUT2D eigenvalue weighted by molar-refractivity contribution is 5.75. The molecule has 0 aliphatic heterocycles. The van der Waals surface area contributed by atoms with Crippen LogP contribution < -0.4 is 0 Å². The number of likely N-dealkylation sites (N-methyl/N-ethyl adjacent to an activating group) is 1. The molecule has 1 atom stereocenters. The van der Waals surface area contributed by atoms with Crippen molar-refractivity contribution in [2.75, 3.05) is 14.2 Å². The Morgan fingerprint density at radius 2 is 2.12 bits per heavy atom. The standard InChI is InChI=1S/C12H16FNO2/c1-9(12(15)16-3)14(2)8-10-6-4-5-7-11(10)13/h4-7,9H,8H2,1-3H3. The molecule has 1 aromatic rings. The van der Waals surface area contributed by atoms with Gasteiger partial charge in [0.1, 0.15) is 11.9 Å². The summed E-state index contributed by atoms with van der Waals surface area (Å²) in [5.41, 5.74) is 0.570. The molecule has 88 valence electrons. The molecule has 1 rings (SSSR count). The normalized spacial score (nSPS) is 12.6. The third kappa shape index (κ3) is 3.03. The van der Waals surface area contributed by atoms with E-state index in [-0.39, 0.29) is 17.8 Å². The fraction of sp³-hybridized carbons (Fsp3) is 0.417. The molecule has 0 radical (unpaired) electrons. The summed E-state index contributed by atoms with van der Waals surface area (Å²) in [5, 5.41) is 0. The van der Waals surface area contributed by atoms with Gasteiger partial charge in [-0.15, -0.1) is 0 Å². The van der Waals surface area contributed by atoms with Gasteiger partial charge in [-0.2, -0.15) is 0 Å². The van der Waals surface area contributed by atoms with E-state index in [0.29, 0.717) is 12.1 Å². The number of methoxy groups -OCH3 is 1. The first-order chi connectivity index (χ1) is 7.56. The van der Waals surface area contributed by atoms with Gasteiger partial charge in [0.05, 0.1) is 7.11 Å². The van der Waals surface area contributed by atoms with Crippen molar-refractivity contribution in [1.82, 2.24) is 4.90 Å². The molecule has 0 aliphatic carbocycles. The van der Waals surface area contributed by atoms with Crippen LogP contribution in [0.25, 0.3) is 0 Å². The molecule has 0 saturated heterocycles. The monoisotopic (exact) mass is 225 g/mol. The number of benzene rings is 1. The molecular formula is C12H16FNO2. The van der Waals surface area contributed by atoms with E-state index in [1.54, 1.807) is 37.1 Å². The van der Waals surface area contributed by atoms with E-state index in [9.17, 15) is 9.18 Å². The van der Waals surface area contributed by atoms with Crippen LogP contribution in [0.1, 0.15) is 12.5 Å². The fourth-order valence-electron chi connectivity index (χ4n) is 1.38. The van der Waals surface area contributed by atoms with Gasteiger partial charge in [-0.1, -0.05) is 18.2 Å². The maximum atomic E-state index is 13.4. The number of nitrogens with zero attached hydrogens (tertiary/aromatic N) is 1. The molecule has 0 saturated carbocycles. The smallest absolute Gasteiger partial charge is 0.322 e. The highest BCUT2D eigenvalue weighted by atomic mass is 19.1. The highest BCUT2D eigenvalue weighted by Crippen LogP contribution is 2.11. The van der Waals surface area contributed by atoms with Gasteiger partial charge in [0.2, 0.25) is 0 Å². The van der Waals surface area contributed by atoms with Crippen LogP contribution in [0.5, 0.6) is 0 Å². The largest absolute Gasteiger partial charge is 0.468 e. The van der Waals surface area contributed by atoms with E-state index in [1.807, 2.05) is 0 Å². The van der Waals surface area contributed by atoms with Crippen LogP contribution in [-0.2, 0) is 16.1 Å². The summed E-state index contributed by atoms with van der Waals surface area (Å²) < 4.78 is 18.0. The van der Waals surface area contributed by atoms with Crippen molar-refractivity contribution in [3.05, 3.63) is 35.6 Å². The Morgan fingerprint density at radius 3 is 2.69 bits per heavy atom. The van der Waals surface area contributed by atoms with Crippen LogP contribution in [0.15, 0.2) is 24.3 Å². The van der Waals surface area contributed by atoms with Gasteiger partial charge in [-0.05, 0) is 20.0 Å². The van der Waals surface area contributed by atoms with Gasteiger partial charge >= 0.3 is 5.97 Å². The summed E-state index contributed by atoms with van der Waals surface area (Å²) in [5.74, 6) is -0.578. The predicted octanol–water partition coefficient (Wildman–Crippen LogP) is 1.82. The molecule has 0 heterocycles. The molecule has 0 aliphatic rings. The number of esters is 1. The van der Waals surface area contributed by atoms with Crippen molar-refractivity contribution in [3.63, 3.8) is 0 Å². The second-order valence-electron chi connectivity index (χ2n) is 3.71. The van der Waals surface area contributed by atoms with Gasteiger partial charge < -0.3 is 4.74 Å². The van der Waals surface area contributed by atoms with E-state index < -0.39 is 0 Å². The van der Waals surface area contributed by atoms with Gasteiger partial charge in [-0.25, -0.2) is 4.39 Å². The van der Waals surface area contributed by atoms with Crippen molar-refractivity contribution >= 4 is 5.97 Å². The lowest BCUT2D eigenvalue weighted by Gasteiger charge is -2.22. The molecule has 4 heteroatoms. The number of hydrogen-bond donors (Lipinski definition) is 0. The number of hydrogen-bond acceptors (Lipinski definition) is 3. The van der Waals surface area contributed by atoms with Crippen LogP contribution in [0, 0.1) is 5.82 Å². The van der Waals surface area contributed by atoms with Gasteiger partial charge in [-0.3, -0.25) is 9.69 Å². The van der Waals surface area contributed by atoms with Crippen LogP contribution in [0.3, 0.4) is 0 Å². The molecule has 0 amide bonds. The summed E-state index contributed by atoms with van der Waals surface area (Å²) in [6.45, 7) is 2.11. The zero-order chi connectivity index (χ0) is 12.1. The Bertz CT molecular complexity index is 368. The van der Waals surface area contributed by atoms with Crippen LogP contribution in [-0.4, -0.2) is 31.1 Å². The average Bonchev–Trinajstić information content (AvgIpc) is 2.30. The summed E-state index contributed by atoms with van der Waals surface area (Å²) in [7, 11) is 3.10. The molecule has 0 aromatic heterocycles. The first-order valence-corrected chi connectivity index (χ1v) is 5.07. The zero-order valence-corrected chi connectivity index (χ0v) is 9.74. The first kappa shape index (κ1) is 12.6. The minimum atomic E-state index is -0.385. The van der Waals surface area contributed by atoms with Crippen molar-refractivity contribution in [2.24, 2.45) is 0 Å². The quantitative estimate of drug-likeness (QED) is 0.732. The number of ether oxygens (including phenoxy) is 1. The molecule has 16 heavy (non-hydrogen) atoms. The Morgan fingerprint density at radius 1 is 1.50 bits per heavy atom. The minimum absolute atomic E-state index is 0.258. The van der Waals surface area contributed by atoms with Crippen molar-refractivity contribution in [2.45, 2.75) is 19.5 Å². The molecule has 1 aromatic carbocycles. The summed E-state index contributed by atoms with van der Waals surface area (Å²) in [6.07, 6.45) is 0. The SMILES string of the molecule is COC(=O)C(C)N(C)Cc1ccccc1F. The number of rotatable bonds is 4. The molecule has 1 unspecified atom stereocenters. The topological polar surface area (TPSA) is 29.5 Å². The Balaban J connectivity index is 2.68. The van der Waals surface area contributed by atoms with Gasteiger partial charge in [0.25, 0.3) is 0 Å². The predicted molar refractivity (Wildman–Crippen MR) is 59.3 cm³/mol. The van der Waals surface area contributed by atoms with Crippen LogP contribution in [0.4, 0.5) is 4.39 Å². The molecular weight excluding hydrogens is 209 g/mol. The van der Waals surface area contributed by atoms with Crippen LogP contribution >= 0.6 is 0 Å². The van der Waals surface area contributed by atoms with Crippen LogP contribution in [0.2, 0.25) is 0 Å².